The molecule has 8 heteroatoms. The monoisotopic (exact) mass is 319 g/mol. The second-order valence-electron chi connectivity index (χ2n) is 5.34. The predicted molar refractivity (Wildman–Crippen MR) is 77.8 cm³/mol. The lowest BCUT2D eigenvalue weighted by Gasteiger charge is -2.21. The van der Waals surface area contributed by atoms with Gasteiger partial charge in [0.1, 0.15) is 11.6 Å². The van der Waals surface area contributed by atoms with Crippen LogP contribution >= 0.6 is 11.8 Å². The lowest BCUT2D eigenvalue weighted by molar-refractivity contribution is -0.158. The molecule has 0 unspecified atom stereocenters. The van der Waals surface area contributed by atoms with E-state index in [1.54, 1.807) is 20.8 Å². The van der Waals surface area contributed by atoms with Crippen molar-refractivity contribution in [1.82, 2.24) is 5.32 Å². The molecule has 7 nitrogen and oxygen atoms in total. The van der Waals surface area contributed by atoms with Gasteiger partial charge in [0.2, 0.25) is 5.91 Å². The number of thioether (sulfide) groups is 1. The maximum atomic E-state index is 11.6. The second-order valence-corrected chi connectivity index (χ2v) is 6.61. The number of rotatable bonds is 7. The zero-order valence-electron chi connectivity index (χ0n) is 12.6. The number of hydrogen-bond acceptors (Lipinski definition) is 6. The molecule has 0 bridgehead atoms. The molecule has 0 saturated heterocycles. The first kappa shape index (κ1) is 19.4. The molecule has 0 saturated carbocycles. The Kier molecular flexibility index (Phi) is 8.01. The van der Waals surface area contributed by atoms with Gasteiger partial charge < -0.3 is 15.2 Å². The minimum Gasteiger partial charge on any atom is -0.480 e. The Labute approximate surface area is 127 Å². The maximum absolute atomic E-state index is 11.6. The normalized spacial score (nSPS) is 12.4. The highest BCUT2D eigenvalue weighted by molar-refractivity contribution is 8.13. The Hall–Kier alpha value is -1.57. The zero-order valence-corrected chi connectivity index (χ0v) is 13.4. The molecule has 0 aliphatic heterocycles. The third kappa shape index (κ3) is 10.8. The quantitative estimate of drug-likeness (QED) is 0.672. The van der Waals surface area contributed by atoms with Crippen molar-refractivity contribution >= 4 is 34.7 Å². The second kappa shape index (κ2) is 8.66. The minimum atomic E-state index is -1.34. The smallest absolute Gasteiger partial charge is 0.326 e. The maximum Gasteiger partial charge on any atom is 0.326 e. The van der Waals surface area contributed by atoms with Crippen LogP contribution in [0.25, 0.3) is 0 Å². The Morgan fingerprint density at radius 3 is 2.24 bits per heavy atom. The molecule has 0 rings (SSSR count). The van der Waals surface area contributed by atoms with E-state index in [-0.39, 0.29) is 17.3 Å². The molecule has 0 spiro atoms. The molecular weight excluding hydrogens is 298 g/mol. The summed E-state index contributed by atoms with van der Waals surface area (Å²) in [5.41, 5.74) is -0.720. The third-order valence-corrected chi connectivity index (χ3v) is 2.87. The van der Waals surface area contributed by atoms with Crippen LogP contribution in [0.15, 0.2) is 0 Å². The minimum absolute atomic E-state index is 0.00233. The van der Waals surface area contributed by atoms with Crippen molar-refractivity contribution in [1.29, 1.82) is 0 Å². The summed E-state index contributed by atoms with van der Waals surface area (Å²) in [7, 11) is 0. The van der Waals surface area contributed by atoms with Crippen molar-refractivity contribution in [3.8, 4) is 0 Å². The SMILES string of the molecule is CC(=O)SCCC(=O)N[C@@H](CC(=O)OC(C)(C)C)C(=O)O. The first-order chi connectivity index (χ1) is 9.51. The summed E-state index contributed by atoms with van der Waals surface area (Å²) in [6.45, 7) is 6.37. The summed E-state index contributed by atoms with van der Waals surface area (Å²) in [6, 6.07) is -1.34. The molecule has 0 aromatic heterocycles. The molecule has 0 aromatic carbocycles. The van der Waals surface area contributed by atoms with Gasteiger partial charge in [-0.15, -0.1) is 0 Å². The highest BCUT2D eigenvalue weighted by Crippen LogP contribution is 2.10. The van der Waals surface area contributed by atoms with E-state index in [0.29, 0.717) is 0 Å². The van der Waals surface area contributed by atoms with Gasteiger partial charge in [-0.2, -0.15) is 0 Å². The topological polar surface area (TPSA) is 110 Å². The zero-order chi connectivity index (χ0) is 16.6. The van der Waals surface area contributed by atoms with Crippen molar-refractivity contribution in [2.24, 2.45) is 0 Å². The molecular formula is C13H21NO6S. The van der Waals surface area contributed by atoms with E-state index < -0.39 is 35.9 Å². The lowest BCUT2D eigenvalue weighted by atomic mass is 10.1. The fourth-order valence-corrected chi connectivity index (χ4v) is 1.88. The van der Waals surface area contributed by atoms with E-state index >= 15 is 0 Å². The van der Waals surface area contributed by atoms with Gasteiger partial charge in [-0.05, 0) is 20.8 Å². The number of ether oxygens (including phenoxy) is 1. The number of carbonyl (C=O) groups is 4. The Morgan fingerprint density at radius 2 is 1.81 bits per heavy atom. The van der Waals surface area contributed by atoms with Crippen LogP contribution < -0.4 is 5.32 Å². The number of esters is 1. The van der Waals surface area contributed by atoms with Crippen molar-refractivity contribution in [2.75, 3.05) is 5.75 Å². The van der Waals surface area contributed by atoms with E-state index in [2.05, 4.69) is 5.32 Å². The molecule has 0 radical (unpaired) electrons. The van der Waals surface area contributed by atoms with Crippen molar-refractivity contribution < 1.29 is 29.0 Å². The number of carboxylic acid groups (broad SMARTS) is 1. The van der Waals surface area contributed by atoms with Crippen LogP contribution in [0.4, 0.5) is 0 Å². The van der Waals surface area contributed by atoms with Crippen LogP contribution in [0.2, 0.25) is 0 Å². The van der Waals surface area contributed by atoms with Gasteiger partial charge in [0.05, 0.1) is 6.42 Å². The summed E-state index contributed by atoms with van der Waals surface area (Å²) < 4.78 is 5.01. The van der Waals surface area contributed by atoms with E-state index in [0.717, 1.165) is 11.8 Å². The first-order valence-corrected chi connectivity index (χ1v) is 7.37. The van der Waals surface area contributed by atoms with Crippen LogP contribution in [-0.4, -0.2) is 45.5 Å². The van der Waals surface area contributed by atoms with Gasteiger partial charge in [0.25, 0.3) is 0 Å². The largest absolute Gasteiger partial charge is 0.480 e. The standard InChI is InChI=1S/C13H21NO6S/c1-8(15)21-6-5-10(16)14-9(12(18)19)7-11(17)20-13(2,3)4/h9H,5-7H2,1-4H3,(H,14,16)(H,18,19)/t9-/m0/s1. The van der Waals surface area contributed by atoms with Gasteiger partial charge in [-0.1, -0.05) is 11.8 Å². The molecule has 2 N–H and O–H groups in total. The van der Waals surface area contributed by atoms with Crippen LogP contribution in [-0.2, 0) is 23.9 Å². The number of nitrogens with one attached hydrogen (secondary N) is 1. The van der Waals surface area contributed by atoms with Gasteiger partial charge in [0, 0.05) is 19.1 Å². The third-order valence-electron chi connectivity index (χ3n) is 2.06. The molecule has 0 heterocycles. The fourth-order valence-electron chi connectivity index (χ4n) is 1.30. The van der Waals surface area contributed by atoms with Gasteiger partial charge >= 0.3 is 11.9 Å². The van der Waals surface area contributed by atoms with E-state index in [1.807, 2.05) is 0 Å². The molecule has 0 aliphatic rings. The van der Waals surface area contributed by atoms with Gasteiger partial charge in [-0.25, -0.2) is 4.79 Å². The van der Waals surface area contributed by atoms with E-state index in [4.69, 9.17) is 9.84 Å². The average molecular weight is 319 g/mol. The Balaban J connectivity index is 4.37. The first-order valence-electron chi connectivity index (χ1n) is 6.38. The van der Waals surface area contributed by atoms with E-state index in [1.165, 1.54) is 6.92 Å². The van der Waals surface area contributed by atoms with Crippen LogP contribution in [0.1, 0.15) is 40.5 Å². The van der Waals surface area contributed by atoms with Crippen LogP contribution in [0.3, 0.4) is 0 Å². The van der Waals surface area contributed by atoms with Crippen molar-refractivity contribution in [2.45, 2.75) is 52.2 Å². The summed E-state index contributed by atoms with van der Waals surface area (Å²) in [5, 5.41) is 11.1. The summed E-state index contributed by atoms with van der Waals surface area (Å²) >= 11 is 0.978. The summed E-state index contributed by atoms with van der Waals surface area (Å²) in [6.07, 6.45) is -0.444. The van der Waals surface area contributed by atoms with Gasteiger partial charge in [-0.3, -0.25) is 14.4 Å². The summed E-state index contributed by atoms with van der Waals surface area (Å²) in [4.78, 5) is 44.9. The lowest BCUT2D eigenvalue weighted by Crippen LogP contribution is -2.43. The molecule has 120 valence electrons. The Morgan fingerprint density at radius 1 is 1.24 bits per heavy atom. The molecule has 1 amide bonds. The molecule has 1 atom stereocenters. The molecule has 0 fully saturated rings. The number of hydrogen-bond donors (Lipinski definition) is 2. The van der Waals surface area contributed by atoms with Crippen molar-refractivity contribution in [3.63, 3.8) is 0 Å². The number of aliphatic carboxylic acids is 1. The van der Waals surface area contributed by atoms with E-state index in [9.17, 15) is 19.2 Å². The molecule has 0 aromatic rings. The number of carboxylic acids is 1. The Bertz CT molecular complexity index is 415. The highest BCUT2D eigenvalue weighted by Gasteiger charge is 2.26. The predicted octanol–water partition coefficient (Wildman–Crippen LogP) is 0.957. The highest BCUT2D eigenvalue weighted by atomic mass is 32.2. The molecule has 21 heavy (non-hydrogen) atoms. The molecule has 0 aliphatic carbocycles. The fraction of sp³-hybridized carbons (Fsp3) is 0.692. The number of amides is 1. The van der Waals surface area contributed by atoms with Crippen molar-refractivity contribution in [3.05, 3.63) is 0 Å². The number of carbonyl (C=O) groups excluding carboxylic acids is 3. The van der Waals surface area contributed by atoms with Crippen LogP contribution in [0.5, 0.6) is 0 Å². The van der Waals surface area contributed by atoms with Crippen LogP contribution in [0, 0.1) is 0 Å². The van der Waals surface area contributed by atoms with Gasteiger partial charge in [0.15, 0.2) is 5.12 Å². The summed E-state index contributed by atoms with van der Waals surface area (Å²) in [5.74, 6) is -2.28. The average Bonchev–Trinajstić information content (AvgIpc) is 2.24.